The van der Waals surface area contributed by atoms with Crippen LogP contribution < -0.4 is 10.1 Å². The molecule has 1 aliphatic heterocycles. The van der Waals surface area contributed by atoms with E-state index in [0.29, 0.717) is 32.0 Å². The van der Waals surface area contributed by atoms with E-state index in [1.165, 1.54) is 12.1 Å². The van der Waals surface area contributed by atoms with Crippen LogP contribution in [0, 0.1) is 5.82 Å². The summed E-state index contributed by atoms with van der Waals surface area (Å²) >= 11 is 0. The number of unbranched alkanes of at least 4 members (excludes halogenated alkanes) is 1. The number of ether oxygens (including phenoxy) is 1. The van der Waals surface area contributed by atoms with Crippen molar-refractivity contribution in [2.45, 2.75) is 18.9 Å². The van der Waals surface area contributed by atoms with Gasteiger partial charge in [0.25, 0.3) is 0 Å². The zero-order valence-electron chi connectivity index (χ0n) is 16.8. The molecule has 1 saturated heterocycles. The van der Waals surface area contributed by atoms with E-state index in [1.807, 2.05) is 35.2 Å². The summed E-state index contributed by atoms with van der Waals surface area (Å²) < 4.78 is 42.0. The summed E-state index contributed by atoms with van der Waals surface area (Å²) in [5, 5.41) is 2.97. The van der Waals surface area contributed by atoms with Crippen LogP contribution in [0.5, 0.6) is 5.75 Å². The SMILES string of the molecule is O=C(NCCCCOc1ccc(F)cc1)C(c1ccccc1)N1CCS(=O)(=O)CC1. The Balaban J connectivity index is 1.48. The average molecular weight is 435 g/mol. The zero-order chi connectivity index (χ0) is 21.4. The Kier molecular flexibility index (Phi) is 7.81. The number of benzene rings is 2. The molecule has 1 unspecified atom stereocenters. The predicted molar refractivity (Wildman–Crippen MR) is 114 cm³/mol. The highest BCUT2D eigenvalue weighted by atomic mass is 32.2. The quantitative estimate of drug-likeness (QED) is 0.614. The number of rotatable bonds is 9. The van der Waals surface area contributed by atoms with E-state index in [4.69, 9.17) is 4.74 Å². The Morgan fingerprint density at radius 1 is 1.03 bits per heavy atom. The number of sulfone groups is 1. The first kappa shape index (κ1) is 22.2. The van der Waals surface area contributed by atoms with E-state index in [-0.39, 0.29) is 23.2 Å². The first-order valence-corrected chi connectivity index (χ1v) is 11.9. The molecular formula is C22H27FN2O4S. The minimum atomic E-state index is -3.02. The van der Waals surface area contributed by atoms with Crippen molar-refractivity contribution in [2.75, 3.05) is 37.7 Å². The molecule has 0 saturated carbocycles. The van der Waals surface area contributed by atoms with Crippen LogP contribution in [0.15, 0.2) is 54.6 Å². The Labute approximate surface area is 177 Å². The van der Waals surface area contributed by atoms with Crippen molar-refractivity contribution in [3.8, 4) is 5.75 Å². The molecule has 1 aliphatic rings. The number of carbonyl (C=O) groups is 1. The Morgan fingerprint density at radius 3 is 2.37 bits per heavy atom. The second-order valence-electron chi connectivity index (χ2n) is 7.30. The van der Waals surface area contributed by atoms with Gasteiger partial charge in [0.05, 0.1) is 18.1 Å². The number of hydrogen-bond donors (Lipinski definition) is 1. The van der Waals surface area contributed by atoms with Gasteiger partial charge in [0.1, 0.15) is 17.6 Å². The minimum Gasteiger partial charge on any atom is -0.494 e. The van der Waals surface area contributed by atoms with Gasteiger partial charge in [-0.1, -0.05) is 30.3 Å². The van der Waals surface area contributed by atoms with Crippen LogP contribution in [0.3, 0.4) is 0 Å². The number of carbonyl (C=O) groups excluding carboxylic acids is 1. The normalized spacial score (nSPS) is 17.2. The molecule has 1 amide bonds. The van der Waals surface area contributed by atoms with E-state index in [0.717, 1.165) is 18.4 Å². The lowest BCUT2D eigenvalue weighted by Crippen LogP contribution is -2.47. The number of hydrogen-bond acceptors (Lipinski definition) is 5. The van der Waals surface area contributed by atoms with Gasteiger partial charge >= 0.3 is 0 Å². The van der Waals surface area contributed by atoms with Crippen molar-refractivity contribution >= 4 is 15.7 Å². The molecule has 8 heteroatoms. The lowest BCUT2D eigenvalue weighted by atomic mass is 10.0. The highest BCUT2D eigenvalue weighted by Crippen LogP contribution is 2.23. The highest BCUT2D eigenvalue weighted by molar-refractivity contribution is 7.91. The van der Waals surface area contributed by atoms with Gasteiger partial charge < -0.3 is 10.1 Å². The molecule has 6 nitrogen and oxygen atoms in total. The summed E-state index contributed by atoms with van der Waals surface area (Å²) in [6, 6.07) is 14.8. The fourth-order valence-corrected chi connectivity index (χ4v) is 4.63. The maximum atomic E-state index is 12.9. The van der Waals surface area contributed by atoms with E-state index >= 15 is 0 Å². The van der Waals surface area contributed by atoms with Crippen molar-refractivity contribution in [1.29, 1.82) is 0 Å². The number of nitrogens with one attached hydrogen (secondary N) is 1. The smallest absolute Gasteiger partial charge is 0.241 e. The maximum Gasteiger partial charge on any atom is 0.241 e. The third-order valence-corrected chi connectivity index (χ3v) is 6.67. The maximum absolute atomic E-state index is 12.9. The van der Waals surface area contributed by atoms with Crippen LogP contribution in [-0.2, 0) is 14.6 Å². The van der Waals surface area contributed by atoms with Crippen LogP contribution in [0.2, 0.25) is 0 Å². The Bertz CT molecular complexity index is 906. The molecule has 1 fully saturated rings. The van der Waals surface area contributed by atoms with Gasteiger partial charge in [0.15, 0.2) is 9.84 Å². The molecule has 0 spiro atoms. The van der Waals surface area contributed by atoms with Crippen LogP contribution in [0.25, 0.3) is 0 Å². The van der Waals surface area contributed by atoms with E-state index in [9.17, 15) is 17.6 Å². The summed E-state index contributed by atoms with van der Waals surface area (Å²) in [5.74, 6) is 0.336. The summed E-state index contributed by atoms with van der Waals surface area (Å²) in [4.78, 5) is 14.9. The monoisotopic (exact) mass is 434 g/mol. The molecule has 162 valence electrons. The van der Waals surface area contributed by atoms with E-state index in [2.05, 4.69) is 5.32 Å². The lowest BCUT2D eigenvalue weighted by molar-refractivity contribution is -0.126. The summed E-state index contributed by atoms with van der Waals surface area (Å²) in [7, 11) is -3.02. The van der Waals surface area contributed by atoms with Gasteiger partial charge in [-0.3, -0.25) is 9.69 Å². The van der Waals surface area contributed by atoms with Crippen molar-refractivity contribution < 1.29 is 22.3 Å². The standard InChI is InChI=1S/C22H27FN2O4S/c23-19-8-10-20(11-9-19)29-15-5-4-12-24-22(26)21(18-6-2-1-3-7-18)25-13-16-30(27,28)17-14-25/h1-3,6-11,21H,4-5,12-17H2,(H,24,26). The molecule has 0 aromatic heterocycles. The van der Waals surface area contributed by atoms with Crippen LogP contribution in [0.1, 0.15) is 24.4 Å². The fraction of sp³-hybridized carbons (Fsp3) is 0.409. The second kappa shape index (κ2) is 10.5. The minimum absolute atomic E-state index is 0.0737. The molecule has 0 radical (unpaired) electrons. The Hall–Kier alpha value is -2.45. The van der Waals surface area contributed by atoms with Gasteiger partial charge in [0, 0.05) is 19.6 Å². The van der Waals surface area contributed by atoms with Gasteiger partial charge in [0.2, 0.25) is 5.91 Å². The molecule has 2 aromatic carbocycles. The first-order chi connectivity index (χ1) is 14.4. The summed E-state index contributed by atoms with van der Waals surface area (Å²) in [5.41, 5.74) is 0.856. The molecule has 1 atom stereocenters. The third-order valence-electron chi connectivity index (χ3n) is 5.06. The van der Waals surface area contributed by atoms with Crippen LogP contribution in [0.4, 0.5) is 4.39 Å². The van der Waals surface area contributed by atoms with Crippen molar-refractivity contribution in [2.24, 2.45) is 0 Å². The molecule has 0 aliphatic carbocycles. The molecule has 2 aromatic rings. The van der Waals surface area contributed by atoms with Gasteiger partial charge in [-0.25, -0.2) is 12.8 Å². The third kappa shape index (κ3) is 6.53. The first-order valence-electron chi connectivity index (χ1n) is 10.1. The second-order valence-corrected chi connectivity index (χ2v) is 9.61. The number of nitrogens with zero attached hydrogens (tertiary/aromatic N) is 1. The predicted octanol–water partition coefficient (Wildman–Crippen LogP) is 2.57. The van der Waals surface area contributed by atoms with Crippen molar-refractivity contribution in [1.82, 2.24) is 10.2 Å². The molecule has 3 rings (SSSR count). The number of halogens is 1. The topological polar surface area (TPSA) is 75.7 Å². The van der Waals surface area contributed by atoms with Crippen LogP contribution >= 0.6 is 0 Å². The molecular weight excluding hydrogens is 407 g/mol. The van der Waals surface area contributed by atoms with Gasteiger partial charge in [-0.05, 0) is 42.7 Å². The lowest BCUT2D eigenvalue weighted by Gasteiger charge is -2.33. The highest BCUT2D eigenvalue weighted by Gasteiger charge is 2.32. The van der Waals surface area contributed by atoms with E-state index < -0.39 is 15.9 Å². The van der Waals surface area contributed by atoms with Gasteiger partial charge in [-0.2, -0.15) is 0 Å². The molecule has 0 bridgehead atoms. The number of amides is 1. The summed E-state index contributed by atoms with van der Waals surface area (Å²) in [6.45, 7) is 1.68. The molecule has 30 heavy (non-hydrogen) atoms. The zero-order valence-corrected chi connectivity index (χ0v) is 17.6. The fourth-order valence-electron chi connectivity index (χ4n) is 3.40. The van der Waals surface area contributed by atoms with Gasteiger partial charge in [-0.15, -0.1) is 0 Å². The summed E-state index contributed by atoms with van der Waals surface area (Å²) in [6.07, 6.45) is 1.48. The van der Waals surface area contributed by atoms with Crippen molar-refractivity contribution in [3.63, 3.8) is 0 Å². The average Bonchev–Trinajstić information content (AvgIpc) is 2.74. The largest absolute Gasteiger partial charge is 0.494 e. The molecule has 1 heterocycles. The van der Waals surface area contributed by atoms with Crippen molar-refractivity contribution in [3.05, 3.63) is 66.0 Å². The van der Waals surface area contributed by atoms with Crippen LogP contribution in [-0.4, -0.2) is 57.0 Å². The Morgan fingerprint density at radius 2 is 1.70 bits per heavy atom. The van der Waals surface area contributed by atoms with E-state index in [1.54, 1.807) is 12.1 Å². The molecule has 1 N–H and O–H groups in total.